The first-order valence-electron chi connectivity index (χ1n) is 5.82. The molecule has 1 saturated carbocycles. The first kappa shape index (κ1) is 11.7. The number of aliphatic hydroxyl groups is 1. The molecule has 1 fully saturated rings. The summed E-state index contributed by atoms with van der Waals surface area (Å²) in [5, 5.41) is 9.80. The molecule has 0 spiro atoms. The molecule has 2 rings (SSSR count). The van der Waals surface area contributed by atoms with Crippen molar-refractivity contribution >= 4 is 11.6 Å². The summed E-state index contributed by atoms with van der Waals surface area (Å²) in [6, 6.07) is 5.49. The van der Waals surface area contributed by atoms with Gasteiger partial charge in [0, 0.05) is 10.6 Å². The molecule has 2 nitrogen and oxygen atoms in total. The van der Waals surface area contributed by atoms with Crippen LogP contribution < -0.4 is 4.74 Å². The van der Waals surface area contributed by atoms with Crippen LogP contribution in [0.5, 0.6) is 5.75 Å². The van der Waals surface area contributed by atoms with Gasteiger partial charge in [-0.15, -0.1) is 0 Å². The first-order valence-corrected chi connectivity index (χ1v) is 6.20. The van der Waals surface area contributed by atoms with E-state index in [1.54, 1.807) is 6.07 Å². The lowest BCUT2D eigenvalue weighted by Crippen LogP contribution is -2.09. The maximum atomic E-state index is 9.23. The van der Waals surface area contributed by atoms with Crippen molar-refractivity contribution < 1.29 is 9.84 Å². The topological polar surface area (TPSA) is 29.5 Å². The standard InChI is InChI=1S/C13H17ClO2/c14-12-6-3-7-13(11(12)8-15)16-9-10-4-1-2-5-10/h3,6-7,10,15H,1-2,4-5,8-9H2. The molecule has 3 heteroatoms. The SMILES string of the molecule is OCc1c(Cl)cccc1OCC1CCCC1. The van der Waals surface area contributed by atoms with E-state index in [9.17, 15) is 5.11 Å². The highest BCUT2D eigenvalue weighted by Crippen LogP contribution is 2.29. The Hall–Kier alpha value is -0.730. The Morgan fingerprint density at radius 2 is 2.06 bits per heavy atom. The summed E-state index contributed by atoms with van der Waals surface area (Å²) in [5.74, 6) is 1.40. The van der Waals surface area contributed by atoms with E-state index >= 15 is 0 Å². The van der Waals surface area contributed by atoms with Gasteiger partial charge in [0.2, 0.25) is 0 Å². The van der Waals surface area contributed by atoms with Crippen LogP contribution in [0.15, 0.2) is 18.2 Å². The van der Waals surface area contributed by atoms with Gasteiger partial charge in [-0.25, -0.2) is 0 Å². The number of hydrogen-bond acceptors (Lipinski definition) is 2. The molecule has 0 saturated heterocycles. The van der Waals surface area contributed by atoms with Gasteiger partial charge >= 0.3 is 0 Å². The largest absolute Gasteiger partial charge is 0.493 e. The molecule has 0 heterocycles. The van der Waals surface area contributed by atoms with Crippen LogP contribution in [-0.2, 0) is 6.61 Å². The number of benzene rings is 1. The molecule has 1 aliphatic carbocycles. The van der Waals surface area contributed by atoms with E-state index in [2.05, 4.69) is 0 Å². The third-order valence-electron chi connectivity index (χ3n) is 3.18. The van der Waals surface area contributed by atoms with E-state index < -0.39 is 0 Å². The van der Waals surface area contributed by atoms with Crippen molar-refractivity contribution in [2.24, 2.45) is 5.92 Å². The number of aliphatic hydroxyl groups excluding tert-OH is 1. The second kappa shape index (κ2) is 5.55. The third kappa shape index (κ3) is 2.69. The molecule has 88 valence electrons. The number of ether oxygens (including phenoxy) is 1. The highest BCUT2D eigenvalue weighted by atomic mass is 35.5. The van der Waals surface area contributed by atoms with Crippen LogP contribution >= 0.6 is 11.6 Å². The van der Waals surface area contributed by atoms with Crippen molar-refractivity contribution in [3.8, 4) is 5.75 Å². The van der Waals surface area contributed by atoms with Crippen LogP contribution in [0.1, 0.15) is 31.2 Å². The van der Waals surface area contributed by atoms with E-state index in [4.69, 9.17) is 16.3 Å². The summed E-state index contributed by atoms with van der Waals surface area (Å²) >= 11 is 5.98. The van der Waals surface area contributed by atoms with Crippen molar-refractivity contribution in [3.05, 3.63) is 28.8 Å². The molecular formula is C13H17ClO2. The number of halogens is 1. The molecule has 0 bridgehead atoms. The second-order valence-corrected chi connectivity index (χ2v) is 4.74. The molecule has 1 aromatic carbocycles. The predicted octanol–water partition coefficient (Wildman–Crippen LogP) is 3.40. The van der Waals surface area contributed by atoms with Crippen LogP contribution in [-0.4, -0.2) is 11.7 Å². The summed E-state index contributed by atoms with van der Waals surface area (Å²) < 4.78 is 5.75. The third-order valence-corrected chi connectivity index (χ3v) is 3.54. The summed E-state index contributed by atoms with van der Waals surface area (Å²) in [6.07, 6.45) is 5.15. The van der Waals surface area contributed by atoms with Gasteiger partial charge in [-0.05, 0) is 30.9 Å². The lowest BCUT2D eigenvalue weighted by molar-refractivity contribution is 0.234. The van der Waals surface area contributed by atoms with Gasteiger partial charge in [-0.1, -0.05) is 30.5 Å². The average Bonchev–Trinajstić information content (AvgIpc) is 2.79. The Morgan fingerprint density at radius 1 is 1.31 bits per heavy atom. The van der Waals surface area contributed by atoms with E-state index in [-0.39, 0.29) is 6.61 Å². The van der Waals surface area contributed by atoms with Crippen LogP contribution in [0.4, 0.5) is 0 Å². The van der Waals surface area contributed by atoms with Crippen molar-refractivity contribution in [1.82, 2.24) is 0 Å². The zero-order valence-electron chi connectivity index (χ0n) is 9.29. The zero-order chi connectivity index (χ0) is 11.4. The lowest BCUT2D eigenvalue weighted by atomic mass is 10.1. The average molecular weight is 241 g/mol. The molecule has 0 unspecified atom stereocenters. The van der Waals surface area contributed by atoms with E-state index in [0.29, 0.717) is 16.5 Å². The summed E-state index contributed by atoms with van der Waals surface area (Å²) in [5.41, 5.74) is 0.696. The van der Waals surface area contributed by atoms with Gasteiger partial charge in [-0.3, -0.25) is 0 Å². The molecule has 1 N–H and O–H groups in total. The lowest BCUT2D eigenvalue weighted by Gasteiger charge is -2.14. The Kier molecular flexibility index (Phi) is 4.08. The van der Waals surface area contributed by atoms with Crippen LogP contribution in [0.2, 0.25) is 5.02 Å². The molecule has 0 radical (unpaired) electrons. The molecule has 0 aliphatic heterocycles. The Morgan fingerprint density at radius 3 is 2.75 bits per heavy atom. The maximum Gasteiger partial charge on any atom is 0.126 e. The van der Waals surface area contributed by atoms with E-state index in [1.807, 2.05) is 12.1 Å². The first-order chi connectivity index (χ1) is 7.81. The maximum absolute atomic E-state index is 9.23. The quantitative estimate of drug-likeness (QED) is 0.874. The van der Waals surface area contributed by atoms with Crippen molar-refractivity contribution in [2.45, 2.75) is 32.3 Å². The fourth-order valence-corrected chi connectivity index (χ4v) is 2.44. The van der Waals surface area contributed by atoms with Gasteiger partial charge in [0.1, 0.15) is 5.75 Å². The number of hydrogen-bond donors (Lipinski definition) is 1. The van der Waals surface area contributed by atoms with E-state index in [0.717, 1.165) is 12.4 Å². The minimum Gasteiger partial charge on any atom is -0.493 e. The van der Waals surface area contributed by atoms with Gasteiger partial charge in [0.25, 0.3) is 0 Å². The van der Waals surface area contributed by atoms with Gasteiger partial charge < -0.3 is 9.84 Å². The van der Waals surface area contributed by atoms with Crippen molar-refractivity contribution in [2.75, 3.05) is 6.61 Å². The van der Waals surface area contributed by atoms with Crippen LogP contribution in [0, 0.1) is 5.92 Å². The van der Waals surface area contributed by atoms with E-state index in [1.165, 1.54) is 25.7 Å². The monoisotopic (exact) mass is 240 g/mol. The fourth-order valence-electron chi connectivity index (χ4n) is 2.21. The normalized spacial score (nSPS) is 16.6. The van der Waals surface area contributed by atoms with Gasteiger partial charge in [0.15, 0.2) is 0 Å². The Bertz CT molecular complexity index is 346. The van der Waals surface area contributed by atoms with Crippen LogP contribution in [0.3, 0.4) is 0 Å². The molecule has 0 amide bonds. The Balaban J connectivity index is 2.00. The smallest absolute Gasteiger partial charge is 0.126 e. The van der Waals surface area contributed by atoms with Gasteiger partial charge in [-0.2, -0.15) is 0 Å². The summed E-state index contributed by atoms with van der Waals surface area (Å²) in [6.45, 7) is 0.674. The molecular weight excluding hydrogens is 224 g/mol. The molecule has 0 aromatic heterocycles. The highest BCUT2D eigenvalue weighted by molar-refractivity contribution is 6.31. The van der Waals surface area contributed by atoms with Crippen molar-refractivity contribution in [3.63, 3.8) is 0 Å². The van der Waals surface area contributed by atoms with Crippen molar-refractivity contribution in [1.29, 1.82) is 0 Å². The van der Waals surface area contributed by atoms with Crippen LogP contribution in [0.25, 0.3) is 0 Å². The fraction of sp³-hybridized carbons (Fsp3) is 0.538. The summed E-state index contributed by atoms with van der Waals surface area (Å²) in [4.78, 5) is 0. The molecule has 1 aliphatic rings. The number of rotatable bonds is 4. The zero-order valence-corrected chi connectivity index (χ0v) is 10.0. The molecule has 0 atom stereocenters. The summed E-state index contributed by atoms with van der Waals surface area (Å²) in [7, 11) is 0. The Labute approximate surface area is 101 Å². The predicted molar refractivity (Wildman–Crippen MR) is 64.8 cm³/mol. The minimum absolute atomic E-state index is 0.0698. The second-order valence-electron chi connectivity index (χ2n) is 4.34. The highest BCUT2D eigenvalue weighted by Gasteiger charge is 2.16. The van der Waals surface area contributed by atoms with Gasteiger partial charge in [0.05, 0.1) is 13.2 Å². The minimum atomic E-state index is -0.0698. The molecule has 16 heavy (non-hydrogen) atoms. The molecule has 1 aromatic rings.